The molecule has 0 bridgehead atoms. The molecule has 2 heterocycles. The fourth-order valence-corrected chi connectivity index (χ4v) is 7.24. The molecule has 2 atom stereocenters. The largest absolute Gasteiger partial charge is 0.478 e. The van der Waals surface area contributed by atoms with Gasteiger partial charge in [0.2, 0.25) is 11.7 Å². The number of hydrogen-bond donors (Lipinski definition) is 1. The van der Waals surface area contributed by atoms with Crippen LogP contribution < -0.4 is 9.47 Å². The number of hydrogen-bond acceptors (Lipinski definition) is 9. The summed E-state index contributed by atoms with van der Waals surface area (Å²) in [6.45, 7) is 16.3. The number of aliphatic carboxylic acids is 1. The van der Waals surface area contributed by atoms with Gasteiger partial charge in [-0.3, -0.25) is 0 Å². The number of carbonyl (C=O) groups excluding carboxylic acids is 1. The van der Waals surface area contributed by atoms with E-state index in [-0.39, 0.29) is 32.3 Å². The molecule has 0 spiro atoms. The maximum Gasteiger partial charge on any atom is 0.352 e. The van der Waals surface area contributed by atoms with Gasteiger partial charge in [-0.15, -0.1) is 30.0 Å². The van der Waals surface area contributed by atoms with Crippen molar-refractivity contribution in [3.63, 3.8) is 0 Å². The van der Waals surface area contributed by atoms with Gasteiger partial charge in [-0.2, -0.15) is 0 Å². The summed E-state index contributed by atoms with van der Waals surface area (Å²) in [7, 11) is 0. The lowest BCUT2D eigenvalue weighted by molar-refractivity contribution is -0.154. The van der Waals surface area contributed by atoms with E-state index in [0.29, 0.717) is 55.1 Å². The molecule has 14 heteroatoms. The van der Waals surface area contributed by atoms with Crippen LogP contribution in [0.3, 0.4) is 0 Å². The van der Waals surface area contributed by atoms with Crippen LogP contribution in [0.2, 0.25) is 10.0 Å². The highest BCUT2D eigenvalue weighted by atomic mass is 35.5. The first kappa shape index (κ1) is 51.2. The van der Waals surface area contributed by atoms with Gasteiger partial charge in [0, 0.05) is 21.2 Å². The van der Waals surface area contributed by atoms with Crippen molar-refractivity contribution in [2.24, 2.45) is 0 Å². The predicted molar refractivity (Wildman–Crippen MR) is 267 cm³/mol. The second-order valence-electron chi connectivity index (χ2n) is 17.6. The second-order valence-corrected chi connectivity index (χ2v) is 18.4. The van der Waals surface area contributed by atoms with Gasteiger partial charge >= 0.3 is 11.9 Å². The fourth-order valence-electron chi connectivity index (χ4n) is 6.90. The molecule has 350 valence electrons. The van der Waals surface area contributed by atoms with E-state index in [1.807, 2.05) is 84.9 Å². The highest BCUT2D eigenvalue weighted by Crippen LogP contribution is 2.36. The van der Waals surface area contributed by atoms with Crippen LogP contribution in [0.25, 0.3) is 33.4 Å². The number of halogens is 2. The number of carboxylic acid groups (broad SMARTS) is 1. The summed E-state index contributed by atoms with van der Waals surface area (Å²) in [5.41, 5.74) is 5.67. The Hall–Kier alpha value is -6.76. The summed E-state index contributed by atoms with van der Waals surface area (Å²) >= 11 is 12.5. The molecule has 0 fully saturated rings. The summed E-state index contributed by atoms with van der Waals surface area (Å²) in [4.78, 5) is 28.1. The molecule has 8 rings (SSSR count). The smallest absolute Gasteiger partial charge is 0.352 e. The molecular weight excluding hydrogens is 888 g/mol. The third-order valence-corrected chi connectivity index (χ3v) is 11.2. The molecule has 0 amide bonds. The second kappa shape index (κ2) is 20.8. The van der Waals surface area contributed by atoms with Gasteiger partial charge in [0.25, 0.3) is 0 Å². The molecule has 0 radical (unpaired) electrons. The van der Waals surface area contributed by atoms with E-state index in [1.165, 1.54) is 16.5 Å². The highest BCUT2D eigenvalue weighted by Gasteiger charge is 2.39. The summed E-state index contributed by atoms with van der Waals surface area (Å²) in [5.74, 6) is -0.863. The molecule has 0 aliphatic rings. The van der Waals surface area contributed by atoms with E-state index < -0.39 is 23.6 Å². The van der Waals surface area contributed by atoms with Crippen molar-refractivity contribution in [1.29, 1.82) is 0 Å². The van der Waals surface area contributed by atoms with Gasteiger partial charge in [-0.05, 0) is 96.5 Å². The topological polar surface area (TPSA) is 143 Å². The number of ether oxygens (including phenoxy) is 3. The molecule has 8 aromatic rings. The minimum absolute atomic E-state index is 0. The highest BCUT2D eigenvalue weighted by molar-refractivity contribution is 6.31. The Balaban J connectivity index is 0.000000244. The summed E-state index contributed by atoms with van der Waals surface area (Å²) < 4.78 is 17.7. The van der Waals surface area contributed by atoms with E-state index in [1.54, 1.807) is 55.5 Å². The monoisotopic (exact) mass is 944 g/mol. The van der Waals surface area contributed by atoms with Gasteiger partial charge in [-0.1, -0.05) is 152 Å². The van der Waals surface area contributed by atoms with Crippen LogP contribution in [-0.4, -0.2) is 53.6 Å². The Morgan fingerprint density at radius 2 is 0.970 bits per heavy atom. The van der Waals surface area contributed by atoms with Crippen molar-refractivity contribution in [3.8, 4) is 22.9 Å². The zero-order chi connectivity index (χ0) is 46.7. The summed E-state index contributed by atoms with van der Waals surface area (Å²) in [5, 5.41) is 29.1. The van der Waals surface area contributed by atoms with Gasteiger partial charge in [0.05, 0.1) is 6.61 Å². The molecular formula is C53H58Cl2N6O6. The quantitative estimate of drug-likeness (QED) is 0.124. The number of fused-ring (bicyclic) bond motifs is 2. The molecule has 1 N–H and O–H groups in total. The van der Waals surface area contributed by atoms with Crippen LogP contribution in [0.15, 0.2) is 133 Å². The van der Waals surface area contributed by atoms with Gasteiger partial charge in [0.15, 0.2) is 0 Å². The Morgan fingerprint density at radius 3 is 1.37 bits per heavy atom. The molecule has 0 saturated heterocycles. The molecule has 6 aromatic carbocycles. The van der Waals surface area contributed by atoms with E-state index in [9.17, 15) is 14.7 Å². The van der Waals surface area contributed by atoms with Crippen molar-refractivity contribution in [1.82, 2.24) is 30.0 Å². The lowest BCUT2D eigenvalue weighted by Crippen LogP contribution is -2.39. The van der Waals surface area contributed by atoms with Crippen LogP contribution in [0.1, 0.15) is 98.6 Å². The normalized spacial score (nSPS) is 12.7. The van der Waals surface area contributed by atoms with Gasteiger partial charge < -0.3 is 19.3 Å². The van der Waals surface area contributed by atoms with Crippen molar-refractivity contribution >= 4 is 57.2 Å². The number of benzene rings is 6. The molecule has 0 aliphatic carbocycles. The SMILES string of the molecule is C.C.CC(C)(C)c1ccc(C(C)(Oc2ccc(Cl)cc2-n2nc3ccccc3n2)C(=O)O)cc1.CCOC(=O)C(Oc1ccc(Cl)cc1-n1nc2ccccc2n1)c1ccc(C(C)(C)C)cc1. The first-order chi connectivity index (χ1) is 30.8. The van der Waals surface area contributed by atoms with Crippen molar-refractivity contribution < 1.29 is 28.9 Å². The van der Waals surface area contributed by atoms with Crippen LogP contribution >= 0.6 is 23.2 Å². The minimum atomic E-state index is -1.63. The number of rotatable bonds is 11. The average molecular weight is 946 g/mol. The van der Waals surface area contributed by atoms with E-state index in [2.05, 4.69) is 61.9 Å². The van der Waals surface area contributed by atoms with Crippen molar-refractivity contribution in [2.45, 2.75) is 92.8 Å². The molecule has 0 aliphatic heterocycles. The van der Waals surface area contributed by atoms with Crippen molar-refractivity contribution in [3.05, 3.63) is 166 Å². The van der Waals surface area contributed by atoms with Crippen LogP contribution in [0.5, 0.6) is 11.5 Å². The summed E-state index contributed by atoms with van der Waals surface area (Å²) in [6.07, 6.45) is -0.955. The van der Waals surface area contributed by atoms with E-state index in [0.717, 1.165) is 22.2 Å². The lowest BCUT2D eigenvalue weighted by Gasteiger charge is -2.28. The maximum atomic E-state index is 12.9. The van der Waals surface area contributed by atoms with Crippen LogP contribution in [0.4, 0.5) is 0 Å². The number of esters is 1. The maximum absolute atomic E-state index is 12.9. The predicted octanol–water partition coefficient (Wildman–Crippen LogP) is 13.1. The number of carbonyl (C=O) groups is 2. The average Bonchev–Trinajstić information content (AvgIpc) is 3.91. The lowest BCUT2D eigenvalue weighted by atomic mass is 9.85. The zero-order valence-corrected chi connectivity index (χ0v) is 38.9. The number of nitrogens with zero attached hydrogens (tertiary/aromatic N) is 6. The minimum Gasteiger partial charge on any atom is -0.478 e. The number of aromatic nitrogens is 6. The molecule has 2 unspecified atom stereocenters. The number of carboxylic acids is 1. The standard InChI is InChI=1S/C26H26ClN3O3.C25H24ClN3O3.2CH4/c1-5-32-25(31)24(17-10-12-18(13-11-17)26(2,3)4)33-23-15-14-19(27)16-22(23)30-28-20-8-6-7-9-21(20)29-30;1-24(2,3)16-9-11-17(12-10-16)25(4,23(30)31)32-22-14-13-18(26)15-21(22)29-27-19-7-5-6-8-20(19)28-29;;/h6-16,24H,5H2,1-4H3;5-15H,1-4H3,(H,30,31);2*1H4. The zero-order valence-electron chi connectivity index (χ0n) is 37.4. The van der Waals surface area contributed by atoms with Gasteiger partial charge in [-0.25, -0.2) is 9.59 Å². The summed E-state index contributed by atoms with van der Waals surface area (Å²) in [6, 6.07) is 40.3. The van der Waals surface area contributed by atoms with E-state index >= 15 is 0 Å². The first-order valence-corrected chi connectivity index (χ1v) is 21.8. The van der Waals surface area contributed by atoms with Gasteiger partial charge in [0.1, 0.15) is 44.9 Å². The van der Waals surface area contributed by atoms with Crippen molar-refractivity contribution in [2.75, 3.05) is 6.61 Å². The Kier molecular flexibility index (Phi) is 15.9. The molecule has 2 aromatic heterocycles. The first-order valence-electron chi connectivity index (χ1n) is 21.1. The molecule has 12 nitrogen and oxygen atoms in total. The Labute approximate surface area is 402 Å². The van der Waals surface area contributed by atoms with Crippen LogP contribution in [0, 0.1) is 0 Å². The molecule has 0 saturated carbocycles. The third kappa shape index (κ3) is 11.6. The Bertz CT molecular complexity index is 2910. The molecule has 67 heavy (non-hydrogen) atoms. The van der Waals surface area contributed by atoms with Crippen LogP contribution in [-0.2, 0) is 30.8 Å². The van der Waals surface area contributed by atoms with E-state index in [4.69, 9.17) is 37.4 Å². The fraction of sp³-hybridized carbons (Fsp3) is 0.283. The Morgan fingerprint density at radius 1 is 0.582 bits per heavy atom. The third-order valence-electron chi connectivity index (χ3n) is 10.7.